The zero-order chi connectivity index (χ0) is 13.4. The van der Waals surface area contributed by atoms with Gasteiger partial charge in [-0.05, 0) is 31.7 Å². The molecule has 0 heterocycles. The average Bonchev–Trinajstić information content (AvgIpc) is 2.42. The number of carbonyl (C=O) groups is 1. The molecule has 98 valence electrons. The molecule has 0 bridgehead atoms. The molecule has 0 aromatic heterocycles. The van der Waals surface area contributed by atoms with Gasteiger partial charge >= 0.3 is 0 Å². The summed E-state index contributed by atoms with van der Waals surface area (Å²) in [6.45, 7) is 6.09. The first kappa shape index (κ1) is 14.3. The highest BCUT2D eigenvalue weighted by Gasteiger charge is 2.04. The highest BCUT2D eigenvalue weighted by atomic mass is 16.5. The van der Waals surface area contributed by atoms with Crippen LogP contribution in [0.3, 0.4) is 0 Å². The average molecular weight is 248 g/mol. The van der Waals surface area contributed by atoms with Crippen molar-refractivity contribution in [2.75, 3.05) is 20.2 Å². The maximum Gasteiger partial charge on any atom is 0.258 e. The van der Waals surface area contributed by atoms with E-state index in [9.17, 15) is 4.79 Å². The van der Waals surface area contributed by atoms with E-state index in [-0.39, 0.29) is 12.5 Å². The minimum Gasteiger partial charge on any atom is -0.484 e. The van der Waals surface area contributed by atoms with E-state index in [1.165, 1.54) is 5.56 Å². The molecule has 1 rings (SSSR count). The fourth-order valence-corrected chi connectivity index (χ4v) is 1.41. The number of nitrogens with one attached hydrogen (secondary N) is 2. The lowest BCUT2D eigenvalue weighted by molar-refractivity contribution is -0.122. The molecule has 0 spiro atoms. The second-order valence-electron chi connectivity index (χ2n) is 3.96. The summed E-state index contributed by atoms with van der Waals surface area (Å²) in [5.41, 5.74) is 1.18. The molecule has 0 aliphatic rings. The predicted molar refractivity (Wildman–Crippen MR) is 72.6 cm³/mol. The zero-order valence-corrected chi connectivity index (χ0v) is 10.9. The van der Waals surface area contributed by atoms with Crippen molar-refractivity contribution in [1.82, 2.24) is 10.6 Å². The Morgan fingerprint density at radius 1 is 1.44 bits per heavy atom. The van der Waals surface area contributed by atoms with Gasteiger partial charge in [-0.25, -0.2) is 0 Å². The summed E-state index contributed by atoms with van der Waals surface area (Å²) in [5, 5.41) is 5.81. The van der Waals surface area contributed by atoms with Gasteiger partial charge in [0.25, 0.3) is 5.91 Å². The van der Waals surface area contributed by atoms with E-state index in [2.05, 4.69) is 24.1 Å². The molecule has 1 aromatic rings. The van der Waals surface area contributed by atoms with Crippen LogP contribution >= 0.6 is 0 Å². The zero-order valence-electron chi connectivity index (χ0n) is 10.9. The van der Waals surface area contributed by atoms with E-state index in [0.717, 1.165) is 0 Å². The topological polar surface area (TPSA) is 50.4 Å². The SMILES string of the molecule is C=CCNC(=O)COc1ccc(C(C)NC)cc1. The second kappa shape index (κ2) is 7.50. The number of hydrogen-bond acceptors (Lipinski definition) is 3. The van der Waals surface area contributed by atoms with Crippen molar-refractivity contribution in [2.24, 2.45) is 0 Å². The molecule has 1 atom stereocenters. The van der Waals surface area contributed by atoms with Gasteiger partial charge in [0.05, 0.1) is 0 Å². The molecule has 1 aromatic carbocycles. The van der Waals surface area contributed by atoms with E-state index >= 15 is 0 Å². The second-order valence-corrected chi connectivity index (χ2v) is 3.96. The summed E-state index contributed by atoms with van der Waals surface area (Å²) in [6.07, 6.45) is 1.63. The van der Waals surface area contributed by atoms with Crippen LogP contribution in [0.25, 0.3) is 0 Å². The summed E-state index contributed by atoms with van der Waals surface area (Å²) in [7, 11) is 1.92. The molecule has 0 saturated carbocycles. The molecule has 0 saturated heterocycles. The quantitative estimate of drug-likeness (QED) is 0.721. The van der Waals surface area contributed by atoms with E-state index in [0.29, 0.717) is 18.3 Å². The Morgan fingerprint density at radius 3 is 2.67 bits per heavy atom. The molecule has 4 heteroatoms. The Bertz CT molecular complexity index is 387. The third-order valence-corrected chi connectivity index (χ3v) is 2.63. The summed E-state index contributed by atoms with van der Waals surface area (Å²) in [4.78, 5) is 11.3. The van der Waals surface area contributed by atoms with Crippen molar-refractivity contribution in [1.29, 1.82) is 0 Å². The number of ether oxygens (including phenoxy) is 1. The van der Waals surface area contributed by atoms with Crippen molar-refractivity contribution in [3.05, 3.63) is 42.5 Å². The Morgan fingerprint density at radius 2 is 2.11 bits per heavy atom. The van der Waals surface area contributed by atoms with Crippen LogP contribution in [0.1, 0.15) is 18.5 Å². The maximum absolute atomic E-state index is 11.3. The molecule has 0 fully saturated rings. The van der Waals surface area contributed by atoms with Crippen molar-refractivity contribution < 1.29 is 9.53 Å². The number of benzene rings is 1. The Balaban J connectivity index is 2.44. The summed E-state index contributed by atoms with van der Waals surface area (Å²) < 4.78 is 5.37. The van der Waals surface area contributed by atoms with Crippen LogP contribution in [-0.4, -0.2) is 26.1 Å². The van der Waals surface area contributed by atoms with Gasteiger partial charge in [0, 0.05) is 12.6 Å². The van der Waals surface area contributed by atoms with Crippen molar-refractivity contribution >= 4 is 5.91 Å². The Labute approximate surface area is 108 Å². The van der Waals surface area contributed by atoms with Gasteiger partial charge < -0.3 is 15.4 Å². The third-order valence-electron chi connectivity index (χ3n) is 2.63. The largest absolute Gasteiger partial charge is 0.484 e. The van der Waals surface area contributed by atoms with Crippen LogP contribution in [0.5, 0.6) is 5.75 Å². The third kappa shape index (κ3) is 4.59. The first-order chi connectivity index (χ1) is 8.67. The lowest BCUT2D eigenvalue weighted by Crippen LogP contribution is -2.28. The van der Waals surface area contributed by atoms with E-state index in [1.807, 2.05) is 31.3 Å². The number of hydrogen-bond donors (Lipinski definition) is 2. The highest BCUT2D eigenvalue weighted by molar-refractivity contribution is 5.77. The molecular formula is C14H20N2O2. The summed E-state index contributed by atoms with van der Waals surface area (Å²) in [5.74, 6) is 0.540. The molecule has 0 aliphatic carbocycles. The smallest absolute Gasteiger partial charge is 0.258 e. The van der Waals surface area contributed by atoms with Gasteiger partial charge in [0.2, 0.25) is 0 Å². The van der Waals surface area contributed by atoms with Crippen LogP contribution in [0, 0.1) is 0 Å². The van der Waals surface area contributed by atoms with Gasteiger partial charge in [-0.2, -0.15) is 0 Å². The molecular weight excluding hydrogens is 228 g/mol. The van der Waals surface area contributed by atoms with E-state index in [1.54, 1.807) is 6.08 Å². The van der Waals surface area contributed by atoms with Crippen molar-refractivity contribution in [3.63, 3.8) is 0 Å². The molecule has 4 nitrogen and oxygen atoms in total. The molecule has 0 aliphatic heterocycles. The van der Waals surface area contributed by atoms with Gasteiger partial charge in [-0.1, -0.05) is 18.2 Å². The van der Waals surface area contributed by atoms with Gasteiger partial charge in [0.1, 0.15) is 5.75 Å². The van der Waals surface area contributed by atoms with Crippen LogP contribution in [0.2, 0.25) is 0 Å². The Hall–Kier alpha value is -1.81. The number of amides is 1. The highest BCUT2D eigenvalue weighted by Crippen LogP contribution is 2.16. The number of rotatable bonds is 7. The van der Waals surface area contributed by atoms with E-state index < -0.39 is 0 Å². The molecule has 1 unspecified atom stereocenters. The first-order valence-electron chi connectivity index (χ1n) is 5.95. The van der Waals surface area contributed by atoms with Crippen molar-refractivity contribution in [2.45, 2.75) is 13.0 Å². The molecule has 2 N–H and O–H groups in total. The van der Waals surface area contributed by atoms with Crippen LogP contribution < -0.4 is 15.4 Å². The van der Waals surface area contributed by atoms with Gasteiger partial charge in [0.15, 0.2) is 6.61 Å². The first-order valence-corrected chi connectivity index (χ1v) is 5.95. The monoisotopic (exact) mass is 248 g/mol. The number of carbonyl (C=O) groups excluding carboxylic acids is 1. The molecule has 0 radical (unpaired) electrons. The lowest BCUT2D eigenvalue weighted by Gasteiger charge is -2.11. The normalized spacial score (nSPS) is 11.7. The lowest BCUT2D eigenvalue weighted by atomic mass is 10.1. The van der Waals surface area contributed by atoms with E-state index in [4.69, 9.17) is 4.74 Å². The van der Waals surface area contributed by atoms with Crippen LogP contribution in [0.15, 0.2) is 36.9 Å². The van der Waals surface area contributed by atoms with Crippen LogP contribution in [0.4, 0.5) is 0 Å². The summed E-state index contributed by atoms with van der Waals surface area (Å²) in [6, 6.07) is 8.00. The maximum atomic E-state index is 11.3. The fourth-order valence-electron chi connectivity index (χ4n) is 1.41. The fraction of sp³-hybridized carbons (Fsp3) is 0.357. The van der Waals surface area contributed by atoms with Gasteiger partial charge in [-0.3, -0.25) is 4.79 Å². The standard InChI is InChI=1S/C14H20N2O2/c1-4-9-16-14(17)10-18-13-7-5-12(6-8-13)11(2)15-3/h4-8,11,15H,1,9-10H2,2-3H3,(H,16,17). The van der Waals surface area contributed by atoms with Crippen LogP contribution in [-0.2, 0) is 4.79 Å². The van der Waals surface area contributed by atoms with Gasteiger partial charge in [-0.15, -0.1) is 6.58 Å². The molecule has 18 heavy (non-hydrogen) atoms. The summed E-state index contributed by atoms with van der Waals surface area (Å²) >= 11 is 0. The van der Waals surface area contributed by atoms with Crippen molar-refractivity contribution in [3.8, 4) is 5.75 Å². The minimum atomic E-state index is -0.150. The molecule has 1 amide bonds. The Kier molecular flexibility index (Phi) is 5.94. The predicted octanol–water partition coefficient (Wildman–Crippen LogP) is 1.65. The minimum absolute atomic E-state index is 0.0226.